The summed E-state index contributed by atoms with van der Waals surface area (Å²) in [6, 6.07) is 0.0678. The zero-order valence-corrected chi connectivity index (χ0v) is 13.1. The van der Waals surface area contributed by atoms with Crippen molar-refractivity contribution in [1.29, 1.82) is 0 Å². The van der Waals surface area contributed by atoms with Crippen LogP contribution < -0.4 is 5.32 Å². The molecule has 0 radical (unpaired) electrons. The highest BCUT2D eigenvalue weighted by molar-refractivity contribution is 8.00. The molecule has 0 spiro atoms. The van der Waals surface area contributed by atoms with Crippen molar-refractivity contribution in [1.82, 2.24) is 10.2 Å². The molecule has 0 aromatic heterocycles. The minimum Gasteiger partial charge on any atom is -0.340 e. The van der Waals surface area contributed by atoms with Gasteiger partial charge in [0.05, 0.1) is 6.04 Å². The fraction of sp³-hybridized carbons (Fsp3) is 0.929. The first-order valence-electron chi connectivity index (χ1n) is 7.19. The molecule has 1 fully saturated rings. The van der Waals surface area contributed by atoms with E-state index in [1.165, 1.54) is 0 Å². The second kappa shape index (κ2) is 7.39. The van der Waals surface area contributed by atoms with Crippen molar-refractivity contribution in [2.75, 3.05) is 25.9 Å². The summed E-state index contributed by atoms with van der Waals surface area (Å²) in [4.78, 5) is 14.4. The van der Waals surface area contributed by atoms with Gasteiger partial charge < -0.3 is 10.2 Å². The number of amides is 1. The van der Waals surface area contributed by atoms with E-state index < -0.39 is 0 Å². The van der Waals surface area contributed by atoms with Crippen LogP contribution in [0.2, 0.25) is 0 Å². The minimum atomic E-state index is 0.0678. The second-order valence-electron chi connectivity index (χ2n) is 5.15. The molecule has 1 amide bonds. The quantitative estimate of drug-likeness (QED) is 0.737. The molecule has 0 aliphatic carbocycles. The number of hydrogen-bond acceptors (Lipinski definition) is 3. The van der Waals surface area contributed by atoms with Gasteiger partial charge in [-0.05, 0) is 38.5 Å². The molecular formula is C14H28N2OS. The van der Waals surface area contributed by atoms with Gasteiger partial charge in [-0.2, -0.15) is 11.8 Å². The van der Waals surface area contributed by atoms with Gasteiger partial charge in [0, 0.05) is 17.8 Å². The fourth-order valence-corrected chi connectivity index (χ4v) is 3.44. The van der Waals surface area contributed by atoms with Crippen LogP contribution in [-0.2, 0) is 4.79 Å². The average molecular weight is 272 g/mol. The molecule has 0 saturated carbocycles. The average Bonchev–Trinajstić information content (AvgIpc) is 2.75. The normalized spacial score (nSPS) is 20.8. The van der Waals surface area contributed by atoms with Crippen molar-refractivity contribution in [2.24, 2.45) is 0 Å². The lowest BCUT2D eigenvalue weighted by Crippen LogP contribution is -2.44. The highest BCUT2D eigenvalue weighted by Crippen LogP contribution is 2.32. The van der Waals surface area contributed by atoms with Crippen LogP contribution in [0.3, 0.4) is 0 Å². The predicted octanol–water partition coefficient (Wildman–Crippen LogP) is 2.51. The lowest BCUT2D eigenvalue weighted by atomic mass is 10.0. The van der Waals surface area contributed by atoms with E-state index >= 15 is 0 Å². The number of carbonyl (C=O) groups excluding carboxylic acids is 1. The molecule has 1 heterocycles. The third-order valence-electron chi connectivity index (χ3n) is 4.14. The molecule has 1 unspecified atom stereocenters. The number of hydrogen-bond donors (Lipinski definition) is 1. The number of thioether (sulfide) groups is 1. The topological polar surface area (TPSA) is 32.3 Å². The van der Waals surface area contributed by atoms with Crippen LogP contribution in [0.25, 0.3) is 0 Å². The van der Waals surface area contributed by atoms with E-state index in [-0.39, 0.29) is 10.8 Å². The van der Waals surface area contributed by atoms with E-state index in [0.29, 0.717) is 5.91 Å². The molecule has 106 valence electrons. The van der Waals surface area contributed by atoms with Crippen LogP contribution in [-0.4, -0.2) is 47.5 Å². The van der Waals surface area contributed by atoms with Crippen LogP contribution in [0, 0.1) is 0 Å². The maximum Gasteiger partial charge on any atom is 0.239 e. The Kier molecular flexibility index (Phi) is 6.50. The standard InChI is InChI=1S/C14H28N2OS/c1-5-9-15-12-8-10-16(13(12)17)11-14(6-2,7-3)18-4/h12,15H,5-11H2,1-4H3. The number of rotatable bonds is 8. The molecule has 3 nitrogen and oxygen atoms in total. The Labute approximate surface area is 116 Å². The maximum absolute atomic E-state index is 12.3. The lowest BCUT2D eigenvalue weighted by molar-refractivity contribution is -0.129. The van der Waals surface area contributed by atoms with Crippen LogP contribution in [0.4, 0.5) is 0 Å². The van der Waals surface area contributed by atoms with Gasteiger partial charge in [-0.1, -0.05) is 20.8 Å². The van der Waals surface area contributed by atoms with Gasteiger partial charge in [-0.25, -0.2) is 0 Å². The summed E-state index contributed by atoms with van der Waals surface area (Å²) in [6.07, 6.45) is 6.47. The third-order valence-corrected chi connectivity index (χ3v) is 5.71. The van der Waals surface area contributed by atoms with Crippen molar-refractivity contribution < 1.29 is 4.79 Å². The number of carbonyl (C=O) groups is 1. The van der Waals surface area contributed by atoms with Crippen LogP contribution in [0.5, 0.6) is 0 Å². The van der Waals surface area contributed by atoms with Gasteiger partial charge in [-0.15, -0.1) is 0 Å². The largest absolute Gasteiger partial charge is 0.340 e. The molecule has 0 aromatic carbocycles. The Balaban J connectivity index is 2.56. The molecule has 1 N–H and O–H groups in total. The summed E-state index contributed by atoms with van der Waals surface area (Å²) in [7, 11) is 0. The summed E-state index contributed by atoms with van der Waals surface area (Å²) < 4.78 is 0.245. The Morgan fingerprint density at radius 2 is 2.06 bits per heavy atom. The maximum atomic E-state index is 12.3. The van der Waals surface area contributed by atoms with Gasteiger partial charge in [0.2, 0.25) is 5.91 Å². The van der Waals surface area contributed by atoms with Crippen molar-refractivity contribution >= 4 is 17.7 Å². The van der Waals surface area contributed by atoms with Gasteiger partial charge >= 0.3 is 0 Å². The van der Waals surface area contributed by atoms with Gasteiger partial charge in [-0.3, -0.25) is 4.79 Å². The highest BCUT2D eigenvalue weighted by atomic mass is 32.2. The van der Waals surface area contributed by atoms with E-state index in [1.54, 1.807) is 0 Å². The monoisotopic (exact) mass is 272 g/mol. The minimum absolute atomic E-state index is 0.0678. The molecule has 18 heavy (non-hydrogen) atoms. The van der Waals surface area contributed by atoms with Gasteiger partial charge in [0.25, 0.3) is 0 Å². The van der Waals surface area contributed by atoms with Gasteiger partial charge in [0.1, 0.15) is 0 Å². The molecule has 1 atom stereocenters. The molecule has 0 bridgehead atoms. The number of likely N-dealkylation sites (tertiary alicyclic amines) is 1. The highest BCUT2D eigenvalue weighted by Gasteiger charge is 2.36. The predicted molar refractivity (Wildman–Crippen MR) is 80.1 cm³/mol. The van der Waals surface area contributed by atoms with E-state index in [0.717, 1.165) is 45.3 Å². The fourth-order valence-electron chi connectivity index (χ4n) is 2.58. The van der Waals surface area contributed by atoms with E-state index in [2.05, 4.69) is 37.2 Å². The SMILES string of the molecule is CCCNC1CCN(CC(CC)(CC)SC)C1=O. The molecule has 1 aliphatic rings. The lowest BCUT2D eigenvalue weighted by Gasteiger charge is -2.34. The van der Waals surface area contributed by atoms with Crippen molar-refractivity contribution in [3.8, 4) is 0 Å². The third kappa shape index (κ3) is 3.64. The molecular weight excluding hydrogens is 244 g/mol. The summed E-state index contributed by atoms with van der Waals surface area (Å²) in [5, 5.41) is 3.35. The first kappa shape index (κ1) is 15.8. The van der Waals surface area contributed by atoms with Crippen LogP contribution >= 0.6 is 11.8 Å². The summed E-state index contributed by atoms with van der Waals surface area (Å²) >= 11 is 1.91. The molecule has 1 rings (SSSR count). The van der Waals surface area contributed by atoms with Gasteiger partial charge in [0.15, 0.2) is 0 Å². The number of nitrogens with zero attached hydrogens (tertiary/aromatic N) is 1. The Morgan fingerprint density at radius 1 is 1.39 bits per heavy atom. The molecule has 0 aromatic rings. The smallest absolute Gasteiger partial charge is 0.239 e. The zero-order valence-electron chi connectivity index (χ0n) is 12.3. The molecule has 4 heteroatoms. The van der Waals surface area contributed by atoms with E-state index in [4.69, 9.17) is 0 Å². The Hall–Kier alpha value is -0.220. The van der Waals surface area contributed by atoms with E-state index in [9.17, 15) is 4.79 Å². The van der Waals surface area contributed by atoms with Crippen LogP contribution in [0.15, 0.2) is 0 Å². The first-order chi connectivity index (χ1) is 8.62. The zero-order chi connectivity index (χ0) is 13.6. The number of nitrogens with one attached hydrogen (secondary N) is 1. The van der Waals surface area contributed by atoms with Crippen molar-refractivity contribution in [3.63, 3.8) is 0 Å². The van der Waals surface area contributed by atoms with E-state index in [1.807, 2.05) is 11.8 Å². The second-order valence-corrected chi connectivity index (χ2v) is 6.42. The summed E-state index contributed by atoms with van der Waals surface area (Å²) in [6.45, 7) is 9.37. The summed E-state index contributed by atoms with van der Waals surface area (Å²) in [5.41, 5.74) is 0. The van der Waals surface area contributed by atoms with Crippen LogP contribution in [0.1, 0.15) is 46.5 Å². The van der Waals surface area contributed by atoms with Crippen molar-refractivity contribution in [2.45, 2.75) is 57.2 Å². The first-order valence-corrected chi connectivity index (χ1v) is 8.42. The summed E-state index contributed by atoms with van der Waals surface area (Å²) in [5.74, 6) is 0.309. The Morgan fingerprint density at radius 3 is 2.56 bits per heavy atom. The molecule has 1 aliphatic heterocycles. The van der Waals surface area contributed by atoms with Crippen molar-refractivity contribution in [3.05, 3.63) is 0 Å². The Bertz CT molecular complexity index is 258. The molecule has 1 saturated heterocycles.